The van der Waals surface area contributed by atoms with Crippen LogP contribution in [-0.2, 0) is 0 Å². The van der Waals surface area contributed by atoms with Crippen molar-refractivity contribution in [1.29, 1.82) is 0 Å². The van der Waals surface area contributed by atoms with Crippen molar-refractivity contribution in [1.82, 2.24) is 9.55 Å². The number of aliphatic hydroxyl groups is 1. The zero-order valence-electron chi connectivity index (χ0n) is 14.2. The number of rotatable bonds is 4. The lowest BCUT2D eigenvalue weighted by atomic mass is 10.00. The summed E-state index contributed by atoms with van der Waals surface area (Å²) in [4.78, 5) is 4.68. The maximum Gasteiger partial charge on any atom is 0.143 e. The average Bonchev–Trinajstić information content (AvgIpc) is 2.93. The Morgan fingerprint density at radius 3 is 2.09 bits per heavy atom. The summed E-state index contributed by atoms with van der Waals surface area (Å²) in [6, 6.07) is 16.5. The van der Waals surface area contributed by atoms with Crippen molar-refractivity contribution in [2.45, 2.75) is 45.8 Å². The summed E-state index contributed by atoms with van der Waals surface area (Å²) in [5.74, 6) is 1.19. The molecular formula is C20H24N2O. The second-order valence-electron chi connectivity index (χ2n) is 6.65. The first-order chi connectivity index (χ1) is 11.0. The van der Waals surface area contributed by atoms with Crippen LogP contribution in [0.2, 0.25) is 0 Å². The van der Waals surface area contributed by atoms with Crippen LogP contribution in [0.5, 0.6) is 0 Å². The molecule has 0 aliphatic heterocycles. The van der Waals surface area contributed by atoms with Crippen molar-refractivity contribution >= 4 is 11.0 Å². The number of aromatic nitrogens is 2. The van der Waals surface area contributed by atoms with Crippen LogP contribution >= 0.6 is 0 Å². The second-order valence-corrected chi connectivity index (χ2v) is 6.65. The third-order valence-corrected chi connectivity index (χ3v) is 4.30. The van der Waals surface area contributed by atoms with Crippen molar-refractivity contribution in [3.05, 3.63) is 65.5 Å². The number of hydrogen-bond acceptors (Lipinski definition) is 2. The van der Waals surface area contributed by atoms with Gasteiger partial charge in [0.25, 0.3) is 0 Å². The number of benzene rings is 2. The Morgan fingerprint density at radius 1 is 0.870 bits per heavy atom. The molecule has 1 aromatic heterocycles. The summed E-state index contributed by atoms with van der Waals surface area (Å²) in [5.41, 5.74) is 4.15. The standard InChI is InChI=1S/C20H24N2O/c1-13(2)15-9-11-16(12-10-15)19(23)20-21-17-7-5-6-8-18(17)22(20)14(3)4/h5-14,19,23H,1-4H3/t19-/m1/s1. The van der Waals surface area contributed by atoms with Crippen LogP contribution in [0.25, 0.3) is 11.0 Å². The molecule has 0 aliphatic carbocycles. The fraction of sp³-hybridized carbons (Fsp3) is 0.350. The largest absolute Gasteiger partial charge is 0.380 e. The van der Waals surface area contributed by atoms with E-state index in [0.717, 1.165) is 16.6 Å². The minimum absolute atomic E-state index is 0.238. The lowest BCUT2D eigenvalue weighted by molar-refractivity contribution is 0.203. The van der Waals surface area contributed by atoms with Gasteiger partial charge in [0, 0.05) is 6.04 Å². The summed E-state index contributed by atoms with van der Waals surface area (Å²) >= 11 is 0. The Labute approximate surface area is 137 Å². The van der Waals surface area contributed by atoms with E-state index in [2.05, 4.69) is 55.4 Å². The molecule has 0 fully saturated rings. The van der Waals surface area contributed by atoms with Crippen molar-refractivity contribution in [3.63, 3.8) is 0 Å². The van der Waals surface area contributed by atoms with Gasteiger partial charge < -0.3 is 9.67 Å². The summed E-state index contributed by atoms with van der Waals surface area (Å²) < 4.78 is 2.12. The molecule has 1 heterocycles. The molecule has 1 N–H and O–H groups in total. The van der Waals surface area contributed by atoms with Gasteiger partial charge in [0.1, 0.15) is 11.9 Å². The van der Waals surface area contributed by atoms with Gasteiger partial charge in [-0.15, -0.1) is 0 Å². The van der Waals surface area contributed by atoms with Crippen LogP contribution in [0.1, 0.15) is 62.7 Å². The molecule has 120 valence electrons. The molecule has 2 aromatic carbocycles. The highest BCUT2D eigenvalue weighted by Crippen LogP contribution is 2.29. The maximum atomic E-state index is 10.9. The molecule has 0 amide bonds. The fourth-order valence-corrected chi connectivity index (χ4v) is 3.01. The third kappa shape index (κ3) is 2.89. The van der Waals surface area contributed by atoms with E-state index in [-0.39, 0.29) is 6.04 Å². The van der Waals surface area contributed by atoms with Crippen LogP contribution in [0.4, 0.5) is 0 Å². The molecule has 0 saturated heterocycles. The average molecular weight is 308 g/mol. The Bertz CT molecular complexity index is 800. The van der Waals surface area contributed by atoms with Crippen molar-refractivity contribution in [2.75, 3.05) is 0 Å². The first-order valence-electron chi connectivity index (χ1n) is 8.23. The molecule has 0 unspecified atom stereocenters. The fourth-order valence-electron chi connectivity index (χ4n) is 3.01. The number of nitrogens with zero attached hydrogens (tertiary/aromatic N) is 2. The third-order valence-electron chi connectivity index (χ3n) is 4.30. The predicted molar refractivity (Wildman–Crippen MR) is 94.7 cm³/mol. The number of hydrogen-bond donors (Lipinski definition) is 1. The van der Waals surface area contributed by atoms with E-state index in [1.54, 1.807) is 0 Å². The summed E-state index contributed by atoms with van der Waals surface area (Å²) in [7, 11) is 0. The van der Waals surface area contributed by atoms with Crippen molar-refractivity contribution < 1.29 is 5.11 Å². The summed E-state index contributed by atoms with van der Waals surface area (Å²) in [6.07, 6.45) is -0.717. The predicted octanol–water partition coefficient (Wildman–Crippen LogP) is 4.82. The molecular weight excluding hydrogens is 284 g/mol. The number of imidazole rings is 1. The first-order valence-corrected chi connectivity index (χ1v) is 8.23. The molecule has 3 rings (SSSR count). The van der Waals surface area contributed by atoms with Gasteiger partial charge in [0.15, 0.2) is 0 Å². The molecule has 1 atom stereocenters. The zero-order chi connectivity index (χ0) is 16.6. The smallest absolute Gasteiger partial charge is 0.143 e. The van der Waals surface area contributed by atoms with E-state index < -0.39 is 6.10 Å². The number of fused-ring (bicyclic) bond motifs is 1. The highest BCUT2D eigenvalue weighted by Gasteiger charge is 2.21. The lowest BCUT2D eigenvalue weighted by Gasteiger charge is -2.17. The van der Waals surface area contributed by atoms with Crippen LogP contribution in [-0.4, -0.2) is 14.7 Å². The Morgan fingerprint density at radius 2 is 1.48 bits per heavy atom. The van der Waals surface area contributed by atoms with Crippen molar-refractivity contribution in [3.8, 4) is 0 Å². The van der Waals surface area contributed by atoms with Gasteiger partial charge in [-0.1, -0.05) is 50.2 Å². The minimum atomic E-state index is -0.717. The van der Waals surface area contributed by atoms with E-state index >= 15 is 0 Å². The molecule has 3 aromatic rings. The SMILES string of the molecule is CC(C)c1ccc([C@@H](O)c2nc3ccccc3n2C(C)C)cc1. The van der Waals surface area contributed by atoms with Gasteiger partial charge in [-0.2, -0.15) is 0 Å². The molecule has 0 bridgehead atoms. The van der Waals surface area contributed by atoms with Gasteiger partial charge >= 0.3 is 0 Å². The molecule has 3 nitrogen and oxygen atoms in total. The maximum absolute atomic E-state index is 10.9. The van der Waals surface area contributed by atoms with E-state index in [4.69, 9.17) is 0 Å². The quantitative estimate of drug-likeness (QED) is 0.750. The highest BCUT2D eigenvalue weighted by molar-refractivity contribution is 5.76. The van der Waals surface area contributed by atoms with Gasteiger partial charge in [0.2, 0.25) is 0 Å². The molecule has 0 spiro atoms. The van der Waals surface area contributed by atoms with E-state index in [1.807, 2.05) is 30.3 Å². The zero-order valence-corrected chi connectivity index (χ0v) is 14.2. The Balaban J connectivity index is 2.06. The van der Waals surface area contributed by atoms with E-state index in [0.29, 0.717) is 11.7 Å². The molecule has 0 radical (unpaired) electrons. The molecule has 3 heteroatoms. The Kier molecular flexibility index (Phi) is 4.22. The van der Waals surface area contributed by atoms with Crippen molar-refractivity contribution in [2.24, 2.45) is 0 Å². The van der Waals surface area contributed by atoms with Gasteiger partial charge in [0.05, 0.1) is 11.0 Å². The summed E-state index contributed by atoms with van der Waals surface area (Å²) in [6.45, 7) is 8.58. The monoisotopic (exact) mass is 308 g/mol. The topological polar surface area (TPSA) is 38.1 Å². The van der Waals surface area contributed by atoms with Crippen LogP contribution in [0.3, 0.4) is 0 Å². The highest BCUT2D eigenvalue weighted by atomic mass is 16.3. The van der Waals surface area contributed by atoms with Gasteiger partial charge in [-0.25, -0.2) is 4.98 Å². The van der Waals surface area contributed by atoms with E-state index in [9.17, 15) is 5.11 Å². The van der Waals surface area contributed by atoms with Crippen LogP contribution in [0, 0.1) is 0 Å². The van der Waals surface area contributed by atoms with Gasteiger partial charge in [-0.05, 0) is 43.0 Å². The molecule has 0 aliphatic rings. The van der Waals surface area contributed by atoms with Crippen LogP contribution in [0.15, 0.2) is 48.5 Å². The second kappa shape index (κ2) is 6.17. The van der Waals surface area contributed by atoms with E-state index in [1.165, 1.54) is 5.56 Å². The molecule has 23 heavy (non-hydrogen) atoms. The Hall–Kier alpha value is -2.13. The van der Waals surface area contributed by atoms with Crippen LogP contribution < -0.4 is 0 Å². The first kappa shape index (κ1) is 15.8. The normalized spacial score (nSPS) is 13.2. The lowest BCUT2D eigenvalue weighted by Crippen LogP contribution is -2.12. The van der Waals surface area contributed by atoms with Gasteiger partial charge in [-0.3, -0.25) is 0 Å². The number of aliphatic hydroxyl groups excluding tert-OH is 1. The summed E-state index contributed by atoms with van der Waals surface area (Å²) in [5, 5.41) is 10.9. The minimum Gasteiger partial charge on any atom is -0.380 e. The molecule has 0 saturated carbocycles. The number of para-hydroxylation sites is 2.